The molecule has 1 amide bonds. The second kappa shape index (κ2) is 6.72. The van der Waals surface area contributed by atoms with E-state index in [9.17, 15) is 4.79 Å². The highest BCUT2D eigenvalue weighted by molar-refractivity contribution is 9.10. The largest absolute Gasteiger partial charge is 0.392 e. The number of nitrogens with two attached hydrogens (primary N) is 2. The Balaban J connectivity index is 0.000000184. The molecule has 2 atom stereocenters. The van der Waals surface area contributed by atoms with Crippen LogP contribution in [0.15, 0.2) is 4.60 Å². The van der Waals surface area contributed by atoms with Crippen molar-refractivity contribution < 1.29 is 9.90 Å². The number of hydrogen-bond donors (Lipinski definition) is 5. The first-order valence-electron chi connectivity index (χ1n) is 5.64. The van der Waals surface area contributed by atoms with Crippen LogP contribution in [-0.4, -0.2) is 39.9 Å². The van der Waals surface area contributed by atoms with Crippen molar-refractivity contribution in [2.24, 2.45) is 5.73 Å². The normalized spacial score (nSPS) is 20.1. The fourth-order valence-corrected chi connectivity index (χ4v) is 2.18. The summed E-state index contributed by atoms with van der Waals surface area (Å²) in [7, 11) is 0. The van der Waals surface area contributed by atoms with Crippen LogP contribution in [0.25, 0.3) is 0 Å². The topological polar surface area (TPSA) is 130 Å². The third-order valence-electron chi connectivity index (χ3n) is 2.68. The third-order valence-corrected chi connectivity index (χ3v) is 3.25. The van der Waals surface area contributed by atoms with Crippen LogP contribution >= 0.6 is 15.9 Å². The van der Waals surface area contributed by atoms with E-state index in [-0.39, 0.29) is 17.5 Å². The first-order chi connectivity index (χ1) is 8.43. The molecule has 102 valence electrons. The van der Waals surface area contributed by atoms with Crippen LogP contribution in [0.4, 0.5) is 5.82 Å². The summed E-state index contributed by atoms with van der Waals surface area (Å²) >= 11 is 3.02. The second-order valence-corrected chi connectivity index (χ2v) is 4.90. The maximum absolute atomic E-state index is 10.6. The summed E-state index contributed by atoms with van der Waals surface area (Å²) < 4.78 is 0.414. The summed E-state index contributed by atoms with van der Waals surface area (Å²) in [4.78, 5) is 10.6. The van der Waals surface area contributed by atoms with Crippen molar-refractivity contribution in [2.45, 2.75) is 31.9 Å². The van der Waals surface area contributed by atoms with Gasteiger partial charge in [0.1, 0.15) is 10.2 Å². The number of aliphatic hydroxyl groups is 1. The number of aromatic amines is 1. The summed E-state index contributed by atoms with van der Waals surface area (Å²) in [6.07, 6.45) is 2.19. The van der Waals surface area contributed by atoms with Crippen molar-refractivity contribution in [3.8, 4) is 0 Å². The van der Waals surface area contributed by atoms with Crippen molar-refractivity contribution >= 4 is 27.7 Å². The summed E-state index contributed by atoms with van der Waals surface area (Å²) in [5, 5.41) is 18.2. The average Bonchev–Trinajstić information content (AvgIpc) is 2.89. The maximum atomic E-state index is 10.6. The Morgan fingerprint density at radius 1 is 1.67 bits per heavy atom. The van der Waals surface area contributed by atoms with Crippen molar-refractivity contribution in [1.29, 1.82) is 0 Å². The molecular formula is C10H18BrN5O2. The Kier molecular flexibility index (Phi) is 5.57. The number of aromatic nitrogens is 2. The van der Waals surface area contributed by atoms with E-state index in [1.807, 2.05) is 6.92 Å². The van der Waals surface area contributed by atoms with Crippen LogP contribution in [0.3, 0.4) is 0 Å². The van der Waals surface area contributed by atoms with Gasteiger partial charge in [-0.2, -0.15) is 5.10 Å². The monoisotopic (exact) mass is 319 g/mol. The maximum Gasteiger partial charge on any atom is 0.255 e. The molecule has 2 unspecified atom stereocenters. The zero-order valence-electron chi connectivity index (χ0n) is 10.1. The van der Waals surface area contributed by atoms with Crippen molar-refractivity contribution in [3.63, 3.8) is 0 Å². The van der Waals surface area contributed by atoms with Gasteiger partial charge in [-0.3, -0.25) is 9.89 Å². The van der Waals surface area contributed by atoms with Crippen LogP contribution in [0.5, 0.6) is 0 Å². The number of nitrogens with zero attached hydrogens (tertiary/aromatic N) is 1. The first-order valence-corrected chi connectivity index (χ1v) is 6.43. The van der Waals surface area contributed by atoms with Gasteiger partial charge in [-0.25, -0.2) is 0 Å². The molecular weight excluding hydrogens is 302 g/mol. The van der Waals surface area contributed by atoms with Crippen molar-refractivity contribution in [2.75, 3.05) is 12.3 Å². The van der Waals surface area contributed by atoms with Gasteiger partial charge in [0.25, 0.3) is 5.91 Å². The van der Waals surface area contributed by atoms with Gasteiger partial charge >= 0.3 is 0 Å². The molecule has 0 aromatic carbocycles. The van der Waals surface area contributed by atoms with E-state index < -0.39 is 5.91 Å². The molecule has 1 fully saturated rings. The Hall–Kier alpha value is -1.12. The predicted molar refractivity (Wildman–Crippen MR) is 71.9 cm³/mol. The van der Waals surface area contributed by atoms with E-state index in [0.29, 0.717) is 10.6 Å². The highest BCUT2D eigenvalue weighted by Crippen LogP contribution is 2.17. The molecule has 1 aromatic heterocycles. The molecule has 1 saturated heterocycles. The van der Waals surface area contributed by atoms with Gasteiger partial charge in [0.2, 0.25) is 0 Å². The number of nitrogens with one attached hydrogen (secondary N) is 2. The number of anilines is 1. The zero-order chi connectivity index (χ0) is 13.7. The lowest BCUT2D eigenvalue weighted by Gasteiger charge is -2.11. The van der Waals surface area contributed by atoms with Gasteiger partial charge in [0.05, 0.1) is 6.10 Å². The molecule has 1 aliphatic rings. The predicted octanol–water partition coefficient (Wildman–Crippen LogP) is -0.0275. The van der Waals surface area contributed by atoms with E-state index in [1.165, 1.54) is 6.42 Å². The number of H-pyrrole nitrogens is 1. The van der Waals surface area contributed by atoms with Gasteiger partial charge in [0, 0.05) is 6.04 Å². The molecule has 7 N–H and O–H groups in total. The van der Waals surface area contributed by atoms with Crippen LogP contribution in [0, 0.1) is 0 Å². The van der Waals surface area contributed by atoms with Crippen LogP contribution in [-0.2, 0) is 0 Å². The standard InChI is InChI=1S/C6H13NO.C4H5BrN4O/c1-5(8)6-3-2-4-7-6;5-2-1(4(7)10)3(6)9-8-2/h5-8H,2-4H2,1H3;(H2,7,10)(H3,6,8,9). The number of amides is 1. The molecule has 2 rings (SSSR count). The minimum atomic E-state index is -0.599. The van der Waals surface area contributed by atoms with E-state index in [4.69, 9.17) is 16.6 Å². The smallest absolute Gasteiger partial charge is 0.255 e. The molecule has 2 heterocycles. The van der Waals surface area contributed by atoms with Gasteiger partial charge in [-0.1, -0.05) is 0 Å². The summed E-state index contributed by atoms with van der Waals surface area (Å²) in [6.45, 7) is 2.92. The van der Waals surface area contributed by atoms with E-state index in [1.54, 1.807) is 0 Å². The van der Waals surface area contributed by atoms with Gasteiger partial charge < -0.3 is 21.9 Å². The lowest BCUT2D eigenvalue weighted by molar-refractivity contribution is 0.100. The summed E-state index contributed by atoms with van der Waals surface area (Å²) in [6, 6.07) is 0.370. The van der Waals surface area contributed by atoms with E-state index in [0.717, 1.165) is 13.0 Å². The van der Waals surface area contributed by atoms with E-state index in [2.05, 4.69) is 31.4 Å². The number of primary amides is 1. The highest BCUT2D eigenvalue weighted by atomic mass is 79.9. The number of carbonyl (C=O) groups is 1. The lowest BCUT2D eigenvalue weighted by atomic mass is 10.1. The molecule has 18 heavy (non-hydrogen) atoms. The molecule has 7 nitrogen and oxygen atoms in total. The van der Waals surface area contributed by atoms with Crippen LogP contribution in [0.2, 0.25) is 0 Å². The fraction of sp³-hybridized carbons (Fsp3) is 0.600. The molecule has 1 aromatic rings. The molecule has 0 saturated carbocycles. The Morgan fingerprint density at radius 2 is 2.33 bits per heavy atom. The van der Waals surface area contributed by atoms with Gasteiger partial charge in [-0.05, 0) is 42.2 Å². The third kappa shape index (κ3) is 3.97. The molecule has 0 radical (unpaired) electrons. The number of hydrogen-bond acceptors (Lipinski definition) is 5. The molecule has 0 bridgehead atoms. The van der Waals surface area contributed by atoms with Crippen LogP contribution < -0.4 is 16.8 Å². The SMILES string of the molecule is CC(O)C1CCCN1.NC(=O)c1c(N)n[nH]c1Br. The number of aliphatic hydroxyl groups excluding tert-OH is 1. The van der Waals surface area contributed by atoms with Crippen molar-refractivity contribution in [3.05, 3.63) is 10.2 Å². The highest BCUT2D eigenvalue weighted by Gasteiger charge is 2.17. The van der Waals surface area contributed by atoms with Gasteiger partial charge in [-0.15, -0.1) is 0 Å². The molecule has 1 aliphatic heterocycles. The summed E-state index contributed by atoms with van der Waals surface area (Å²) in [5.41, 5.74) is 10.4. The minimum Gasteiger partial charge on any atom is -0.392 e. The average molecular weight is 320 g/mol. The second-order valence-electron chi connectivity index (χ2n) is 4.11. The molecule has 8 heteroatoms. The molecule has 0 aliphatic carbocycles. The Bertz CT molecular complexity index is 381. The van der Waals surface area contributed by atoms with Gasteiger partial charge in [0.15, 0.2) is 5.82 Å². The number of carbonyl (C=O) groups excluding carboxylic acids is 1. The first kappa shape index (κ1) is 14.9. The Labute approximate surface area is 113 Å². The number of rotatable bonds is 2. The van der Waals surface area contributed by atoms with Crippen molar-refractivity contribution in [1.82, 2.24) is 15.5 Å². The lowest BCUT2D eigenvalue weighted by Crippen LogP contribution is -2.32. The molecule has 0 spiro atoms. The summed E-state index contributed by atoms with van der Waals surface area (Å²) in [5.74, 6) is -0.488. The minimum absolute atomic E-state index is 0.111. The number of nitrogen functional groups attached to an aromatic ring is 1. The fourth-order valence-electron chi connectivity index (χ4n) is 1.69. The zero-order valence-corrected chi connectivity index (χ0v) is 11.7. The Morgan fingerprint density at radius 3 is 2.56 bits per heavy atom. The quantitative estimate of drug-likeness (QED) is 0.522. The van der Waals surface area contributed by atoms with Crippen LogP contribution in [0.1, 0.15) is 30.1 Å². The number of halogens is 1. The van der Waals surface area contributed by atoms with E-state index >= 15 is 0 Å².